The van der Waals surface area contributed by atoms with Crippen molar-refractivity contribution in [2.75, 3.05) is 6.61 Å². The third-order valence-corrected chi connectivity index (χ3v) is 2.91. The van der Waals surface area contributed by atoms with Crippen molar-refractivity contribution in [1.82, 2.24) is 0 Å². The molecule has 16 heavy (non-hydrogen) atoms. The summed E-state index contributed by atoms with van der Waals surface area (Å²) >= 11 is 0. The molecule has 0 aromatic heterocycles. The molecule has 0 aliphatic heterocycles. The number of nitrogens with zero attached hydrogens (tertiary/aromatic N) is 2. The molecule has 0 heterocycles. The third kappa shape index (κ3) is 3.64. The van der Waals surface area contributed by atoms with Crippen LogP contribution in [0, 0.1) is 16.7 Å². The van der Waals surface area contributed by atoms with E-state index < -0.39 is 7.67 Å². The lowest BCUT2D eigenvalue weighted by Crippen LogP contribution is -1.95. The monoisotopic (exact) mass is 242 g/mol. The number of hydrogen-bond donors (Lipinski definition) is 0. The maximum absolute atomic E-state index is 11.0. The molecule has 0 aliphatic rings. The van der Waals surface area contributed by atoms with E-state index in [4.69, 9.17) is 0 Å². The van der Waals surface area contributed by atoms with E-state index in [-0.39, 0.29) is 6.61 Å². The molecular formula is C9H11N2O4P. The summed E-state index contributed by atoms with van der Waals surface area (Å²) in [6, 6.07) is 7.61. The van der Waals surface area contributed by atoms with E-state index >= 15 is 0 Å². The lowest BCUT2D eigenvalue weighted by Gasteiger charge is -2.03. The van der Waals surface area contributed by atoms with E-state index in [0.717, 1.165) is 11.1 Å². The van der Waals surface area contributed by atoms with Gasteiger partial charge in [0.15, 0.2) is 0 Å². The summed E-state index contributed by atoms with van der Waals surface area (Å²) in [6.07, 6.45) is 0.440. The zero-order chi connectivity index (χ0) is 12.0. The Bertz CT molecular complexity index is 406. The lowest BCUT2D eigenvalue weighted by molar-refractivity contribution is 0.318. The highest BCUT2D eigenvalue weighted by molar-refractivity contribution is 7.55. The molecule has 0 saturated heterocycles. The molecule has 7 heteroatoms. The molecule has 0 spiro atoms. The van der Waals surface area contributed by atoms with Gasteiger partial charge >= 0.3 is 7.67 Å². The molecule has 1 aromatic rings. The van der Waals surface area contributed by atoms with Crippen molar-refractivity contribution in [3.05, 3.63) is 45.2 Å². The Morgan fingerprint density at radius 3 is 2.25 bits per heavy atom. The summed E-state index contributed by atoms with van der Waals surface area (Å²) in [6.45, 7) is 1.93. The van der Waals surface area contributed by atoms with Gasteiger partial charge in [0.25, 0.3) is 0 Å². The van der Waals surface area contributed by atoms with Crippen molar-refractivity contribution in [3.63, 3.8) is 0 Å². The minimum atomic E-state index is -4.19. The zero-order valence-electron chi connectivity index (χ0n) is 8.70. The summed E-state index contributed by atoms with van der Waals surface area (Å²) in [5.74, 6) is 0. The second kappa shape index (κ2) is 5.63. The van der Waals surface area contributed by atoms with Crippen molar-refractivity contribution in [1.29, 1.82) is 0 Å². The van der Waals surface area contributed by atoms with Gasteiger partial charge < -0.3 is 0 Å². The van der Waals surface area contributed by atoms with Crippen LogP contribution in [-0.2, 0) is 15.5 Å². The van der Waals surface area contributed by atoms with Crippen LogP contribution in [0.5, 0.6) is 0 Å². The van der Waals surface area contributed by atoms with E-state index in [9.17, 15) is 14.4 Å². The molecule has 0 aliphatic carbocycles. The summed E-state index contributed by atoms with van der Waals surface area (Å²) in [5, 5.41) is 0. The number of hydrogen-bond acceptors (Lipinski definition) is 4. The van der Waals surface area contributed by atoms with Gasteiger partial charge in [-0.05, 0) is 18.9 Å². The van der Waals surface area contributed by atoms with Crippen LogP contribution < -0.4 is 0 Å². The largest absolute Gasteiger partial charge is 0.504 e. The van der Waals surface area contributed by atoms with E-state index in [2.05, 4.69) is 14.4 Å². The average molecular weight is 242 g/mol. The maximum atomic E-state index is 11.0. The first-order valence-corrected chi connectivity index (χ1v) is 6.12. The van der Waals surface area contributed by atoms with Crippen molar-refractivity contribution in [2.24, 2.45) is 9.89 Å². The Morgan fingerprint density at radius 1 is 1.19 bits per heavy atom. The van der Waals surface area contributed by atoms with Crippen LogP contribution >= 0.6 is 7.67 Å². The molecular weight excluding hydrogens is 231 g/mol. The molecule has 0 saturated carbocycles. The molecule has 6 nitrogen and oxygen atoms in total. The lowest BCUT2D eigenvalue weighted by atomic mass is 10.1. The summed E-state index contributed by atoms with van der Waals surface area (Å²) in [7, 11) is -4.19. The van der Waals surface area contributed by atoms with Crippen LogP contribution in [0.2, 0.25) is 0 Å². The number of rotatable bonds is 6. The number of nitroso groups, excluding NO2 is 2. The third-order valence-electron chi connectivity index (χ3n) is 1.98. The van der Waals surface area contributed by atoms with Crippen molar-refractivity contribution in [3.8, 4) is 0 Å². The first kappa shape index (κ1) is 12.7. The highest BCUT2D eigenvalue weighted by Gasteiger charge is 2.25. The summed E-state index contributed by atoms with van der Waals surface area (Å²) in [5.41, 5.74) is 2.08. The average Bonchev–Trinajstić information content (AvgIpc) is 2.31. The van der Waals surface area contributed by atoms with E-state index in [1.165, 1.54) is 0 Å². The summed E-state index contributed by atoms with van der Waals surface area (Å²) < 4.78 is 15.6. The molecule has 1 aromatic carbocycles. The first-order valence-electron chi connectivity index (χ1n) is 4.59. The quantitative estimate of drug-likeness (QED) is 0.566. The Morgan fingerprint density at radius 2 is 1.75 bits per heavy atom. The molecule has 0 unspecified atom stereocenters. The Kier molecular flexibility index (Phi) is 4.46. The normalized spacial score (nSPS) is 11.1. The van der Waals surface area contributed by atoms with Gasteiger partial charge in [0.05, 0.1) is 6.61 Å². The second-order valence-electron chi connectivity index (χ2n) is 3.22. The standard InChI is InChI=1S/C9H11N2O4P/c1-8-2-4-9(5-3-8)6-7-15-16(14,10-12)11-13/h2-5H,6-7H2,1H3. The fraction of sp³-hybridized carbons (Fsp3) is 0.333. The molecule has 0 fully saturated rings. The number of benzene rings is 1. The Hall–Kier alpha value is -1.39. The van der Waals surface area contributed by atoms with Crippen LogP contribution in [0.4, 0.5) is 0 Å². The maximum Gasteiger partial charge on any atom is 0.504 e. The van der Waals surface area contributed by atoms with Gasteiger partial charge in [-0.2, -0.15) is 0 Å². The smallest absolute Gasteiger partial charge is 0.291 e. The van der Waals surface area contributed by atoms with E-state index in [0.29, 0.717) is 6.42 Å². The fourth-order valence-electron chi connectivity index (χ4n) is 1.10. The molecule has 0 bridgehead atoms. The van der Waals surface area contributed by atoms with Gasteiger partial charge in [-0.1, -0.05) is 29.8 Å². The highest BCUT2D eigenvalue weighted by atomic mass is 31.2. The van der Waals surface area contributed by atoms with Gasteiger partial charge in [0.2, 0.25) is 0 Å². The van der Waals surface area contributed by atoms with Crippen LogP contribution in [0.3, 0.4) is 0 Å². The predicted molar refractivity (Wildman–Crippen MR) is 60.0 cm³/mol. The molecule has 0 amide bonds. The summed E-state index contributed by atoms with van der Waals surface area (Å²) in [4.78, 5) is 24.2. The second-order valence-corrected chi connectivity index (χ2v) is 4.79. The Balaban J connectivity index is 2.47. The minimum absolute atomic E-state index is 0.0299. The van der Waals surface area contributed by atoms with E-state index in [1.807, 2.05) is 31.2 Å². The van der Waals surface area contributed by atoms with Crippen LogP contribution in [0.1, 0.15) is 11.1 Å². The van der Waals surface area contributed by atoms with Crippen molar-refractivity contribution < 1.29 is 9.09 Å². The molecule has 0 atom stereocenters. The molecule has 0 N–H and O–H groups in total. The van der Waals surface area contributed by atoms with Crippen molar-refractivity contribution >= 4 is 7.67 Å². The first-order chi connectivity index (χ1) is 7.59. The zero-order valence-corrected chi connectivity index (χ0v) is 9.59. The topological polar surface area (TPSA) is 85.2 Å². The molecule has 1 rings (SSSR count). The van der Waals surface area contributed by atoms with Crippen molar-refractivity contribution in [2.45, 2.75) is 13.3 Å². The van der Waals surface area contributed by atoms with Gasteiger partial charge in [-0.25, -0.2) is 4.57 Å². The Labute approximate surface area is 92.5 Å². The van der Waals surface area contributed by atoms with Crippen LogP contribution in [-0.4, -0.2) is 6.61 Å². The van der Waals surface area contributed by atoms with Crippen LogP contribution in [0.15, 0.2) is 34.2 Å². The van der Waals surface area contributed by atoms with Crippen LogP contribution in [0.25, 0.3) is 0 Å². The molecule has 0 radical (unpaired) electrons. The SMILES string of the molecule is Cc1ccc(CCOP(=O)(N=O)N=O)cc1. The molecule has 86 valence electrons. The van der Waals surface area contributed by atoms with Gasteiger partial charge in [-0.15, -0.1) is 9.81 Å². The van der Waals surface area contributed by atoms with Gasteiger partial charge in [-0.3, -0.25) is 4.52 Å². The van der Waals surface area contributed by atoms with E-state index in [1.54, 1.807) is 0 Å². The van der Waals surface area contributed by atoms with Gasteiger partial charge in [0.1, 0.15) is 0 Å². The minimum Gasteiger partial charge on any atom is -0.291 e. The highest BCUT2D eigenvalue weighted by Crippen LogP contribution is 2.49. The predicted octanol–water partition coefficient (Wildman–Crippen LogP) is 3.20. The number of aryl methyl sites for hydroxylation is 1. The fourth-order valence-corrected chi connectivity index (χ4v) is 1.55. The van der Waals surface area contributed by atoms with Gasteiger partial charge in [0, 0.05) is 9.89 Å².